The third-order valence-corrected chi connectivity index (χ3v) is 1.88. The number of amides is 1. The zero-order chi connectivity index (χ0) is 10.7. The molecule has 15 heavy (non-hydrogen) atoms. The number of hydrogen-bond donors (Lipinski definition) is 1. The second-order valence-corrected chi connectivity index (χ2v) is 2.77. The van der Waals surface area contributed by atoms with Crippen molar-refractivity contribution in [2.24, 2.45) is 5.18 Å². The molecule has 2 rings (SSSR count). The van der Waals surface area contributed by atoms with Gasteiger partial charge in [0, 0.05) is 23.1 Å². The van der Waals surface area contributed by atoms with Crippen LogP contribution >= 0.6 is 0 Å². The van der Waals surface area contributed by atoms with Gasteiger partial charge in [-0.25, -0.2) is 0 Å². The van der Waals surface area contributed by atoms with Gasteiger partial charge in [0.1, 0.15) is 5.69 Å². The molecule has 0 fully saturated rings. The lowest BCUT2D eigenvalue weighted by Gasteiger charge is -2.00. The van der Waals surface area contributed by atoms with E-state index in [2.05, 4.69) is 20.4 Å². The Morgan fingerprint density at radius 1 is 1.33 bits per heavy atom. The second-order valence-electron chi connectivity index (χ2n) is 2.77. The van der Waals surface area contributed by atoms with Gasteiger partial charge in [-0.2, -0.15) is 5.10 Å². The van der Waals surface area contributed by atoms with Crippen LogP contribution in [0, 0.1) is 4.91 Å². The lowest BCUT2D eigenvalue weighted by molar-refractivity contribution is 0.0997. The number of H-pyrrole nitrogens is 1. The summed E-state index contributed by atoms with van der Waals surface area (Å²) in [6.07, 6.45) is 2.98. The molecule has 0 unspecified atom stereocenters. The number of rotatable bonds is 2. The molecule has 1 amide bonds. The predicted molar refractivity (Wildman–Crippen MR) is 51.9 cm³/mol. The maximum atomic E-state index is 11.2. The summed E-state index contributed by atoms with van der Waals surface area (Å²) in [6, 6.07) is 5.01. The Balaban J connectivity index is 2.57. The monoisotopic (exact) mass is 202 g/mol. The average Bonchev–Trinajstić information content (AvgIpc) is 2.81. The van der Waals surface area contributed by atoms with Crippen LogP contribution in [0.15, 0.2) is 35.8 Å². The quantitative estimate of drug-likeness (QED) is 0.745. The maximum Gasteiger partial charge on any atom is 0.335 e. The van der Waals surface area contributed by atoms with E-state index in [1.54, 1.807) is 24.4 Å². The Kier molecular flexibility index (Phi) is 2.32. The zero-order valence-electron chi connectivity index (χ0n) is 7.54. The van der Waals surface area contributed by atoms with Crippen molar-refractivity contribution in [1.82, 2.24) is 15.2 Å². The molecule has 1 N–H and O–H groups in total. The normalized spacial score (nSPS) is 9.87. The van der Waals surface area contributed by atoms with Gasteiger partial charge in [-0.3, -0.25) is 14.9 Å². The summed E-state index contributed by atoms with van der Waals surface area (Å²) in [5.41, 5.74) is 1.16. The van der Waals surface area contributed by atoms with E-state index in [9.17, 15) is 9.70 Å². The van der Waals surface area contributed by atoms with Gasteiger partial charge in [-0.15, -0.1) is 4.91 Å². The second kappa shape index (κ2) is 3.79. The van der Waals surface area contributed by atoms with Crippen molar-refractivity contribution < 1.29 is 4.79 Å². The van der Waals surface area contributed by atoms with Crippen LogP contribution in [0.3, 0.4) is 0 Å². The summed E-state index contributed by atoms with van der Waals surface area (Å²) in [7, 11) is 0. The number of carbonyl (C=O) groups excluding carboxylic acids is 1. The molecular weight excluding hydrogens is 196 g/mol. The Morgan fingerprint density at radius 3 is 2.87 bits per heavy atom. The summed E-state index contributed by atoms with van der Waals surface area (Å²) in [5, 5.41) is 8.78. The highest BCUT2D eigenvalue weighted by atomic mass is 16.3. The Bertz CT molecular complexity index is 493. The highest BCUT2D eigenvalue weighted by molar-refractivity contribution is 5.98. The van der Waals surface area contributed by atoms with E-state index in [0.717, 1.165) is 0 Å². The molecular formula is C9H6N4O2. The van der Waals surface area contributed by atoms with Gasteiger partial charge in [0.05, 0.1) is 5.69 Å². The average molecular weight is 202 g/mol. The smallest absolute Gasteiger partial charge is 0.278 e. The van der Waals surface area contributed by atoms with Crippen LogP contribution < -0.4 is 0 Å². The van der Waals surface area contributed by atoms with Crippen molar-refractivity contribution >= 4 is 5.91 Å². The van der Waals surface area contributed by atoms with E-state index in [-0.39, 0.29) is 5.69 Å². The van der Waals surface area contributed by atoms with Crippen molar-refractivity contribution in [2.75, 3.05) is 0 Å². The number of nitroso groups, excluding NO2 is 1. The molecule has 2 aromatic rings. The van der Waals surface area contributed by atoms with Crippen LogP contribution in [0.25, 0.3) is 11.3 Å². The van der Waals surface area contributed by atoms with Crippen LogP contribution in [0.2, 0.25) is 0 Å². The van der Waals surface area contributed by atoms with Crippen molar-refractivity contribution in [3.63, 3.8) is 0 Å². The molecule has 6 heteroatoms. The maximum absolute atomic E-state index is 11.2. The molecule has 0 spiro atoms. The van der Waals surface area contributed by atoms with E-state index in [1.807, 2.05) is 0 Å². The predicted octanol–water partition coefficient (Wildman–Crippen LogP) is 1.38. The zero-order valence-corrected chi connectivity index (χ0v) is 7.54. The first-order valence-electron chi connectivity index (χ1n) is 4.15. The van der Waals surface area contributed by atoms with Gasteiger partial charge >= 0.3 is 5.91 Å². The van der Waals surface area contributed by atoms with Crippen molar-refractivity contribution in [3.05, 3.63) is 41.2 Å². The van der Waals surface area contributed by atoms with Crippen LogP contribution in [0.4, 0.5) is 0 Å². The summed E-state index contributed by atoms with van der Waals surface area (Å²) in [6.45, 7) is 0. The van der Waals surface area contributed by atoms with E-state index < -0.39 is 5.91 Å². The number of aromatic amines is 1. The third-order valence-electron chi connectivity index (χ3n) is 1.88. The van der Waals surface area contributed by atoms with Gasteiger partial charge < -0.3 is 0 Å². The Hall–Kier alpha value is -2.37. The van der Waals surface area contributed by atoms with Gasteiger partial charge in [-0.05, 0) is 18.2 Å². The minimum atomic E-state index is -0.889. The molecule has 0 radical (unpaired) electrons. The number of pyridine rings is 1. The van der Waals surface area contributed by atoms with Gasteiger partial charge in [-0.1, -0.05) is 0 Å². The molecule has 0 aliphatic rings. The van der Waals surface area contributed by atoms with Gasteiger partial charge in [0.2, 0.25) is 0 Å². The molecule has 0 saturated heterocycles. The van der Waals surface area contributed by atoms with Crippen molar-refractivity contribution in [2.45, 2.75) is 0 Å². The fourth-order valence-corrected chi connectivity index (χ4v) is 1.24. The number of hydrogen-bond acceptors (Lipinski definition) is 4. The minimum Gasteiger partial charge on any atom is -0.278 e. The van der Waals surface area contributed by atoms with E-state index in [4.69, 9.17) is 0 Å². The third kappa shape index (κ3) is 1.64. The number of carbonyl (C=O) groups is 1. The Labute approximate surface area is 84.3 Å². The first-order chi connectivity index (χ1) is 7.33. The van der Waals surface area contributed by atoms with Crippen LogP contribution in [-0.4, -0.2) is 21.1 Å². The molecule has 0 bridgehead atoms. The van der Waals surface area contributed by atoms with Gasteiger partial charge in [0.15, 0.2) is 0 Å². The lowest BCUT2D eigenvalue weighted by atomic mass is 10.1. The lowest BCUT2D eigenvalue weighted by Crippen LogP contribution is -2.00. The van der Waals surface area contributed by atoms with Crippen LogP contribution in [-0.2, 0) is 0 Å². The molecule has 0 aromatic carbocycles. The SMILES string of the molecule is O=NC(=O)c1ncccc1-c1ccn[nH]1. The molecule has 0 saturated carbocycles. The van der Waals surface area contributed by atoms with Crippen molar-refractivity contribution in [1.29, 1.82) is 0 Å². The minimum absolute atomic E-state index is 0.0248. The first-order valence-corrected chi connectivity index (χ1v) is 4.15. The largest absolute Gasteiger partial charge is 0.335 e. The fraction of sp³-hybridized carbons (Fsp3) is 0. The fourth-order valence-electron chi connectivity index (χ4n) is 1.24. The highest BCUT2D eigenvalue weighted by Gasteiger charge is 2.14. The number of nitrogens with zero attached hydrogens (tertiary/aromatic N) is 3. The van der Waals surface area contributed by atoms with E-state index in [1.165, 1.54) is 6.20 Å². The summed E-state index contributed by atoms with van der Waals surface area (Å²) >= 11 is 0. The van der Waals surface area contributed by atoms with Crippen molar-refractivity contribution in [3.8, 4) is 11.3 Å². The topological polar surface area (TPSA) is 88.1 Å². The molecule has 6 nitrogen and oxygen atoms in total. The molecule has 0 aliphatic carbocycles. The molecule has 0 atom stereocenters. The molecule has 2 heterocycles. The van der Waals surface area contributed by atoms with Crippen LogP contribution in [0.1, 0.15) is 10.5 Å². The van der Waals surface area contributed by atoms with E-state index >= 15 is 0 Å². The summed E-state index contributed by atoms with van der Waals surface area (Å²) < 4.78 is 0. The molecule has 0 aliphatic heterocycles. The number of aromatic nitrogens is 3. The van der Waals surface area contributed by atoms with Gasteiger partial charge in [0.25, 0.3) is 0 Å². The summed E-state index contributed by atoms with van der Waals surface area (Å²) in [4.78, 5) is 25.1. The standard InChI is InChI=1S/C9H6N4O2/c14-9(13-15)8-6(2-1-4-10-8)7-3-5-11-12-7/h1-5H,(H,11,12). The summed E-state index contributed by atoms with van der Waals surface area (Å²) in [5.74, 6) is -0.889. The number of nitrogens with one attached hydrogen (secondary N) is 1. The van der Waals surface area contributed by atoms with E-state index in [0.29, 0.717) is 11.3 Å². The highest BCUT2D eigenvalue weighted by Crippen LogP contribution is 2.19. The molecule has 2 aromatic heterocycles. The first kappa shape index (κ1) is 9.20. The van der Waals surface area contributed by atoms with Crippen LogP contribution in [0.5, 0.6) is 0 Å². The molecule has 74 valence electrons. The Morgan fingerprint density at radius 2 is 2.20 bits per heavy atom.